The molecule has 1 aromatic heterocycles. The van der Waals surface area contributed by atoms with Crippen LogP contribution in [0.2, 0.25) is 0 Å². The summed E-state index contributed by atoms with van der Waals surface area (Å²) in [6.45, 7) is 3.00. The van der Waals surface area contributed by atoms with Crippen molar-refractivity contribution < 1.29 is 5.11 Å². The van der Waals surface area contributed by atoms with Gasteiger partial charge in [0.15, 0.2) is 0 Å². The van der Waals surface area contributed by atoms with Crippen LogP contribution in [0.25, 0.3) is 11.0 Å². The van der Waals surface area contributed by atoms with E-state index in [-0.39, 0.29) is 12.1 Å². The third-order valence-corrected chi connectivity index (χ3v) is 3.38. The Kier molecular flexibility index (Phi) is 3.45. The van der Waals surface area contributed by atoms with Crippen LogP contribution in [0.3, 0.4) is 0 Å². The smallest absolute Gasteiger partial charge is 0.0958 e. The van der Waals surface area contributed by atoms with Crippen molar-refractivity contribution in [2.45, 2.75) is 25.4 Å². The van der Waals surface area contributed by atoms with Crippen molar-refractivity contribution in [2.24, 2.45) is 0 Å². The van der Waals surface area contributed by atoms with Gasteiger partial charge >= 0.3 is 0 Å². The zero-order valence-corrected chi connectivity index (χ0v) is 10.3. The Hall–Kier alpha value is -1.39. The van der Waals surface area contributed by atoms with Crippen LogP contribution in [0.15, 0.2) is 30.6 Å². The van der Waals surface area contributed by atoms with Crippen LogP contribution in [-0.2, 0) is 6.54 Å². The normalized spacial score (nSPS) is 15.0. The number of imidazole rings is 1. The number of nitrogens with zero attached hydrogens (tertiary/aromatic N) is 2. The predicted octanol–water partition coefficient (Wildman–Crippen LogP) is 1.40. The summed E-state index contributed by atoms with van der Waals surface area (Å²) >= 11 is 0. The van der Waals surface area contributed by atoms with Gasteiger partial charge in [0.25, 0.3) is 0 Å². The van der Waals surface area contributed by atoms with Gasteiger partial charge < -0.3 is 15.0 Å². The molecular weight excluding hydrogens is 214 g/mol. The van der Waals surface area contributed by atoms with E-state index in [2.05, 4.69) is 20.9 Å². The molecule has 2 N–H and O–H groups in total. The summed E-state index contributed by atoms with van der Waals surface area (Å²) in [6.07, 6.45) is 2.72. The molecule has 0 aliphatic rings. The number of aliphatic hydroxyl groups is 1. The van der Waals surface area contributed by atoms with Gasteiger partial charge in [0, 0.05) is 12.1 Å². The average molecular weight is 233 g/mol. The third kappa shape index (κ3) is 2.48. The van der Waals surface area contributed by atoms with Crippen LogP contribution in [0.5, 0.6) is 0 Å². The van der Waals surface area contributed by atoms with E-state index in [1.54, 1.807) is 0 Å². The van der Waals surface area contributed by atoms with Gasteiger partial charge in [-0.2, -0.15) is 0 Å². The number of nitrogens with one attached hydrogen (secondary N) is 1. The molecule has 1 heterocycles. The lowest BCUT2D eigenvalue weighted by molar-refractivity contribution is 0.169. The average Bonchev–Trinajstić information content (AvgIpc) is 2.79. The van der Waals surface area contributed by atoms with Crippen LogP contribution in [0.1, 0.15) is 13.3 Å². The minimum Gasteiger partial charge on any atom is -0.394 e. The Morgan fingerprint density at radius 1 is 1.41 bits per heavy atom. The Bertz CT molecular complexity index is 488. The van der Waals surface area contributed by atoms with E-state index in [1.807, 2.05) is 38.5 Å². The van der Waals surface area contributed by atoms with Gasteiger partial charge in [-0.15, -0.1) is 0 Å². The van der Waals surface area contributed by atoms with Gasteiger partial charge in [-0.05, 0) is 32.5 Å². The fraction of sp³-hybridized carbons (Fsp3) is 0.462. The van der Waals surface area contributed by atoms with Crippen LogP contribution in [-0.4, -0.2) is 33.9 Å². The monoisotopic (exact) mass is 233 g/mol. The predicted molar refractivity (Wildman–Crippen MR) is 68.9 cm³/mol. The second-order valence-corrected chi connectivity index (χ2v) is 4.65. The van der Waals surface area contributed by atoms with Gasteiger partial charge in [-0.25, -0.2) is 4.98 Å². The van der Waals surface area contributed by atoms with E-state index >= 15 is 0 Å². The molecule has 0 spiro atoms. The number of rotatable bonds is 5. The number of fused-ring (bicyclic) bond motifs is 1. The summed E-state index contributed by atoms with van der Waals surface area (Å²) in [5, 5.41) is 12.5. The van der Waals surface area contributed by atoms with Crippen LogP contribution in [0.4, 0.5) is 0 Å². The maximum Gasteiger partial charge on any atom is 0.0958 e. The zero-order chi connectivity index (χ0) is 12.3. The lowest BCUT2D eigenvalue weighted by Gasteiger charge is -2.26. The minimum atomic E-state index is -0.231. The molecule has 0 aliphatic carbocycles. The number of likely N-dealkylation sites (N-methyl/N-ethyl adjacent to an activating group) is 1. The van der Waals surface area contributed by atoms with Crippen LogP contribution < -0.4 is 5.32 Å². The quantitative estimate of drug-likeness (QED) is 0.820. The summed E-state index contributed by atoms with van der Waals surface area (Å²) in [6, 6.07) is 8.09. The molecule has 1 unspecified atom stereocenters. The number of para-hydroxylation sites is 2. The molecule has 0 aliphatic heterocycles. The van der Waals surface area contributed by atoms with Crippen molar-refractivity contribution in [1.29, 1.82) is 0 Å². The Morgan fingerprint density at radius 3 is 2.88 bits per heavy atom. The topological polar surface area (TPSA) is 50.1 Å². The highest BCUT2D eigenvalue weighted by Gasteiger charge is 2.20. The Morgan fingerprint density at radius 2 is 2.18 bits per heavy atom. The van der Waals surface area contributed by atoms with Gasteiger partial charge in [-0.3, -0.25) is 0 Å². The fourth-order valence-corrected chi connectivity index (χ4v) is 1.84. The van der Waals surface area contributed by atoms with E-state index in [9.17, 15) is 5.11 Å². The van der Waals surface area contributed by atoms with Gasteiger partial charge in [0.2, 0.25) is 0 Å². The Labute approximate surface area is 101 Å². The van der Waals surface area contributed by atoms with Gasteiger partial charge in [0.05, 0.1) is 24.0 Å². The van der Waals surface area contributed by atoms with E-state index in [0.717, 1.165) is 24.0 Å². The molecule has 0 saturated carbocycles. The SMILES string of the molecule is CNC(C)(CO)CCn1cnc2ccccc21. The first-order valence-corrected chi connectivity index (χ1v) is 5.88. The number of benzene rings is 1. The van der Waals surface area contributed by atoms with Crippen molar-refractivity contribution >= 4 is 11.0 Å². The summed E-state index contributed by atoms with van der Waals surface area (Å²) in [4.78, 5) is 4.35. The molecule has 0 fully saturated rings. The number of hydrogen-bond acceptors (Lipinski definition) is 3. The van der Waals surface area contributed by atoms with Crippen molar-refractivity contribution in [2.75, 3.05) is 13.7 Å². The molecule has 92 valence electrons. The molecule has 1 atom stereocenters. The van der Waals surface area contributed by atoms with Gasteiger partial charge in [0.1, 0.15) is 0 Å². The summed E-state index contributed by atoms with van der Waals surface area (Å²) in [5.74, 6) is 0. The standard InChI is InChI=1S/C13H19N3O/c1-13(9-17,14-2)7-8-16-10-15-11-5-3-4-6-12(11)16/h3-6,10,14,17H,7-9H2,1-2H3. The summed E-state index contributed by atoms with van der Waals surface area (Å²) < 4.78 is 2.13. The maximum atomic E-state index is 9.34. The molecule has 0 radical (unpaired) electrons. The maximum absolute atomic E-state index is 9.34. The number of aryl methyl sites for hydroxylation is 1. The van der Waals surface area contributed by atoms with Crippen molar-refractivity contribution in [3.8, 4) is 0 Å². The highest BCUT2D eigenvalue weighted by Crippen LogP contribution is 2.15. The second-order valence-electron chi connectivity index (χ2n) is 4.65. The van der Waals surface area contributed by atoms with Crippen molar-refractivity contribution in [3.63, 3.8) is 0 Å². The number of aliphatic hydroxyl groups excluding tert-OH is 1. The lowest BCUT2D eigenvalue weighted by atomic mass is 9.99. The van der Waals surface area contributed by atoms with E-state index in [4.69, 9.17) is 0 Å². The first kappa shape index (κ1) is 12.1. The number of hydrogen-bond donors (Lipinski definition) is 2. The van der Waals surface area contributed by atoms with E-state index < -0.39 is 0 Å². The molecule has 0 saturated heterocycles. The summed E-state index contributed by atoms with van der Waals surface area (Å²) in [5.41, 5.74) is 1.93. The molecule has 4 nitrogen and oxygen atoms in total. The molecule has 0 amide bonds. The molecule has 4 heteroatoms. The van der Waals surface area contributed by atoms with E-state index in [0.29, 0.717) is 0 Å². The van der Waals surface area contributed by atoms with Crippen LogP contribution in [0, 0.1) is 0 Å². The molecular formula is C13H19N3O. The van der Waals surface area contributed by atoms with Crippen molar-refractivity contribution in [1.82, 2.24) is 14.9 Å². The third-order valence-electron chi connectivity index (χ3n) is 3.38. The molecule has 2 rings (SSSR count). The fourth-order valence-electron chi connectivity index (χ4n) is 1.84. The van der Waals surface area contributed by atoms with Crippen LogP contribution >= 0.6 is 0 Å². The molecule has 2 aromatic rings. The Balaban J connectivity index is 2.14. The molecule has 17 heavy (non-hydrogen) atoms. The molecule has 0 bridgehead atoms. The summed E-state index contributed by atoms with van der Waals surface area (Å²) in [7, 11) is 1.88. The van der Waals surface area contributed by atoms with Gasteiger partial charge in [-0.1, -0.05) is 12.1 Å². The first-order chi connectivity index (χ1) is 8.18. The first-order valence-electron chi connectivity index (χ1n) is 5.88. The highest BCUT2D eigenvalue weighted by atomic mass is 16.3. The van der Waals surface area contributed by atoms with E-state index in [1.165, 1.54) is 0 Å². The number of aromatic nitrogens is 2. The minimum absolute atomic E-state index is 0.135. The molecule has 1 aromatic carbocycles. The highest BCUT2D eigenvalue weighted by molar-refractivity contribution is 5.74. The lowest BCUT2D eigenvalue weighted by Crippen LogP contribution is -2.44. The zero-order valence-electron chi connectivity index (χ0n) is 10.3. The largest absolute Gasteiger partial charge is 0.394 e. The second kappa shape index (κ2) is 4.85. The van der Waals surface area contributed by atoms with Crippen molar-refractivity contribution in [3.05, 3.63) is 30.6 Å².